The van der Waals surface area contributed by atoms with Gasteiger partial charge in [0.1, 0.15) is 5.78 Å². The van der Waals surface area contributed by atoms with Crippen LogP contribution in [0.25, 0.3) is 0 Å². The molecule has 3 aliphatic rings. The first-order valence-electron chi connectivity index (χ1n) is 9.79. The van der Waals surface area contributed by atoms with E-state index in [1.54, 1.807) is 6.92 Å². The van der Waals surface area contributed by atoms with Gasteiger partial charge in [0.2, 0.25) is 0 Å². The fraction of sp³-hybridized carbons (Fsp3) is 0.950. The summed E-state index contributed by atoms with van der Waals surface area (Å²) in [5.74, 6) is 0.368. The molecule has 0 N–H and O–H groups in total. The largest absolute Gasteiger partial charge is 0.298 e. The van der Waals surface area contributed by atoms with Crippen LogP contribution in [0.5, 0.6) is 0 Å². The number of ketones is 1. The zero-order valence-corrected chi connectivity index (χ0v) is 17.2. The molecule has 0 amide bonds. The van der Waals surface area contributed by atoms with Gasteiger partial charge in [-0.1, -0.05) is 55.4 Å². The van der Waals surface area contributed by atoms with E-state index < -0.39 is 0 Å². The van der Waals surface area contributed by atoms with Crippen molar-refractivity contribution >= 4 is 5.78 Å². The van der Waals surface area contributed by atoms with Crippen molar-refractivity contribution in [3.05, 3.63) is 0 Å². The molecular formula is C20H43NO. The molecule has 22 heavy (non-hydrogen) atoms. The van der Waals surface area contributed by atoms with E-state index in [-0.39, 0.29) is 6.04 Å². The van der Waals surface area contributed by atoms with Crippen molar-refractivity contribution in [2.24, 2.45) is 10.8 Å². The van der Waals surface area contributed by atoms with Crippen LogP contribution < -0.4 is 0 Å². The lowest BCUT2D eigenvalue weighted by atomic mass is 9.56. The van der Waals surface area contributed by atoms with Crippen LogP contribution in [-0.4, -0.2) is 30.3 Å². The number of rotatable bonds is 1. The third kappa shape index (κ3) is 4.57. The lowest BCUT2D eigenvalue weighted by Gasteiger charge is -2.48. The minimum atomic E-state index is 0.229. The number of fused-ring (bicyclic) bond motifs is 1. The summed E-state index contributed by atoms with van der Waals surface area (Å²) in [7, 11) is 2.12. The Morgan fingerprint density at radius 2 is 1.18 bits per heavy atom. The molecule has 2 heteroatoms. The summed E-state index contributed by atoms with van der Waals surface area (Å²) in [6.07, 6.45) is 6.84. The van der Waals surface area contributed by atoms with Gasteiger partial charge < -0.3 is 0 Å². The second kappa shape index (κ2) is 11.2. The summed E-state index contributed by atoms with van der Waals surface area (Å²) < 4.78 is 0. The van der Waals surface area contributed by atoms with Crippen LogP contribution in [0.3, 0.4) is 0 Å². The van der Waals surface area contributed by atoms with Crippen LogP contribution in [0.4, 0.5) is 0 Å². The normalized spacial score (nSPS) is 29.3. The van der Waals surface area contributed by atoms with Crippen molar-refractivity contribution in [3.8, 4) is 0 Å². The predicted molar refractivity (Wildman–Crippen MR) is 100 cm³/mol. The summed E-state index contributed by atoms with van der Waals surface area (Å²) in [6, 6.07) is 0.229. The maximum atomic E-state index is 11.5. The van der Waals surface area contributed by atoms with Gasteiger partial charge in [-0.05, 0) is 56.9 Å². The highest BCUT2D eigenvalue weighted by Gasteiger charge is 2.68. The Kier molecular flexibility index (Phi) is 12.2. The van der Waals surface area contributed by atoms with Crippen LogP contribution in [0.1, 0.15) is 94.4 Å². The molecule has 3 rings (SSSR count). The number of likely N-dealkylation sites (N-methyl/N-ethyl adjacent to an activating group) is 1. The number of carbonyl (C=O) groups excluding carboxylic acids is 1. The molecule has 2 unspecified atom stereocenters. The lowest BCUT2D eigenvalue weighted by molar-refractivity contribution is -0.121. The molecule has 0 bridgehead atoms. The van der Waals surface area contributed by atoms with Gasteiger partial charge in [-0.25, -0.2) is 0 Å². The van der Waals surface area contributed by atoms with Crippen LogP contribution in [0.15, 0.2) is 0 Å². The average Bonchev–Trinajstić information content (AvgIpc) is 3.34. The zero-order chi connectivity index (χ0) is 18.0. The molecule has 2 saturated carbocycles. The first kappa shape index (κ1) is 23.9. The van der Waals surface area contributed by atoms with Gasteiger partial charge >= 0.3 is 0 Å². The van der Waals surface area contributed by atoms with Gasteiger partial charge in [0.15, 0.2) is 0 Å². The quantitative estimate of drug-likeness (QED) is 0.596. The van der Waals surface area contributed by atoms with Crippen LogP contribution >= 0.6 is 0 Å². The highest BCUT2D eigenvalue weighted by molar-refractivity contribution is 5.82. The topological polar surface area (TPSA) is 20.3 Å². The Morgan fingerprint density at radius 3 is 1.41 bits per heavy atom. The highest BCUT2D eigenvalue weighted by Crippen LogP contribution is 2.74. The fourth-order valence-corrected chi connectivity index (χ4v) is 3.96. The number of likely N-dealkylation sites (tertiary alicyclic amines) is 1. The average molecular weight is 314 g/mol. The van der Waals surface area contributed by atoms with Crippen LogP contribution in [-0.2, 0) is 4.79 Å². The van der Waals surface area contributed by atoms with E-state index in [2.05, 4.69) is 11.9 Å². The fourth-order valence-electron chi connectivity index (χ4n) is 3.96. The number of hydrogen-bond donors (Lipinski definition) is 0. The third-order valence-corrected chi connectivity index (χ3v) is 5.20. The maximum Gasteiger partial charge on any atom is 0.146 e. The smallest absolute Gasteiger partial charge is 0.146 e. The summed E-state index contributed by atoms with van der Waals surface area (Å²) >= 11 is 0. The van der Waals surface area contributed by atoms with E-state index in [0.717, 1.165) is 6.42 Å². The number of Topliss-reactive ketones (excluding diaryl/α,β-unsaturated/α-hetero) is 1. The molecule has 2 atom stereocenters. The summed E-state index contributed by atoms with van der Waals surface area (Å²) in [5, 5.41) is 0. The van der Waals surface area contributed by atoms with Crippen molar-refractivity contribution in [1.29, 1.82) is 0 Å². The number of carbonyl (C=O) groups is 1. The summed E-state index contributed by atoms with van der Waals surface area (Å²) in [4.78, 5) is 13.8. The van der Waals surface area contributed by atoms with Gasteiger partial charge in [-0.15, -0.1) is 0 Å². The molecule has 0 radical (unpaired) electrons. The second-order valence-electron chi connectivity index (χ2n) is 5.81. The summed E-state index contributed by atoms with van der Waals surface area (Å²) in [5.41, 5.74) is 1.25. The lowest BCUT2D eigenvalue weighted by Crippen LogP contribution is -2.43. The molecule has 2 nitrogen and oxygen atoms in total. The second-order valence-corrected chi connectivity index (χ2v) is 5.81. The zero-order valence-electron chi connectivity index (χ0n) is 17.2. The first-order chi connectivity index (χ1) is 10.6. The van der Waals surface area contributed by atoms with E-state index in [9.17, 15) is 4.79 Å². The van der Waals surface area contributed by atoms with Crippen molar-refractivity contribution in [2.75, 3.05) is 13.6 Å². The van der Waals surface area contributed by atoms with E-state index >= 15 is 0 Å². The van der Waals surface area contributed by atoms with Crippen molar-refractivity contribution in [1.82, 2.24) is 4.90 Å². The van der Waals surface area contributed by atoms with Gasteiger partial charge in [0.25, 0.3) is 0 Å². The minimum absolute atomic E-state index is 0.229. The van der Waals surface area contributed by atoms with Crippen molar-refractivity contribution < 1.29 is 4.79 Å². The molecule has 1 aliphatic heterocycles. The van der Waals surface area contributed by atoms with Gasteiger partial charge in [-0.2, -0.15) is 0 Å². The van der Waals surface area contributed by atoms with E-state index in [1.165, 1.54) is 32.2 Å². The maximum absolute atomic E-state index is 11.5. The molecule has 1 heterocycles. The predicted octanol–water partition coefficient (Wildman–Crippen LogP) is 5.94. The van der Waals surface area contributed by atoms with Crippen LogP contribution in [0, 0.1) is 10.8 Å². The molecule has 0 aromatic carbocycles. The molecule has 134 valence electrons. The van der Waals surface area contributed by atoms with Gasteiger partial charge in [0, 0.05) is 6.54 Å². The van der Waals surface area contributed by atoms with Gasteiger partial charge in [0.05, 0.1) is 6.04 Å². The first-order valence-corrected chi connectivity index (χ1v) is 9.79. The Labute approximate surface area is 141 Å². The molecular weight excluding hydrogens is 270 g/mol. The van der Waals surface area contributed by atoms with Crippen molar-refractivity contribution in [3.63, 3.8) is 0 Å². The number of nitrogens with zero attached hydrogens (tertiary/aromatic N) is 1. The van der Waals surface area contributed by atoms with Gasteiger partial charge in [-0.3, -0.25) is 9.69 Å². The van der Waals surface area contributed by atoms with E-state index in [0.29, 0.717) is 16.6 Å². The Bertz CT molecular complexity index is 296. The Balaban J connectivity index is 0. The summed E-state index contributed by atoms with van der Waals surface area (Å²) in [6.45, 7) is 18.9. The molecule has 2 aliphatic carbocycles. The molecule has 3 fully saturated rings. The molecule has 0 aromatic rings. The molecule has 1 saturated heterocycles. The minimum Gasteiger partial charge on any atom is -0.298 e. The van der Waals surface area contributed by atoms with E-state index in [4.69, 9.17) is 0 Å². The highest BCUT2D eigenvalue weighted by atomic mass is 16.1. The standard InChI is InChI=1S/C12H19NO.4C2H6/c1-9(14)10-7-12(8-13(10)2)6-5-11(12)3-4-11;4*1-2/h10H,3-8H2,1-2H3;4*1-2H3. The molecule has 0 aromatic heterocycles. The van der Waals surface area contributed by atoms with Crippen LogP contribution in [0.2, 0.25) is 0 Å². The molecule has 2 spiro atoms. The Morgan fingerprint density at radius 1 is 0.818 bits per heavy atom. The monoisotopic (exact) mass is 313 g/mol. The van der Waals surface area contributed by atoms with E-state index in [1.807, 2.05) is 55.4 Å². The number of hydrogen-bond acceptors (Lipinski definition) is 2. The third-order valence-electron chi connectivity index (χ3n) is 5.20. The van der Waals surface area contributed by atoms with Crippen molar-refractivity contribution in [2.45, 2.75) is 100 Å². The Hall–Kier alpha value is -0.370. The SMILES string of the molecule is CC.CC.CC.CC.CC(=O)C1CC2(CCC23CC3)CN1C.